The van der Waals surface area contributed by atoms with Crippen molar-refractivity contribution in [3.63, 3.8) is 0 Å². The van der Waals surface area contributed by atoms with Crippen molar-refractivity contribution in [1.29, 1.82) is 0 Å². The van der Waals surface area contributed by atoms with Gasteiger partial charge < -0.3 is 10.3 Å². The number of H-pyrrole nitrogens is 1. The first-order valence-corrected chi connectivity index (χ1v) is 6.59. The van der Waals surface area contributed by atoms with Crippen molar-refractivity contribution in [2.45, 2.75) is 32.6 Å². The first kappa shape index (κ1) is 12.2. The molecule has 2 heteroatoms. The van der Waals surface area contributed by atoms with Gasteiger partial charge >= 0.3 is 0 Å². The Kier molecular flexibility index (Phi) is 4.21. The molecule has 0 saturated heterocycles. The first-order chi connectivity index (χ1) is 8.36. The summed E-state index contributed by atoms with van der Waals surface area (Å²) in [6.45, 7) is 3.34. The van der Waals surface area contributed by atoms with E-state index in [1.54, 1.807) is 0 Å². The van der Waals surface area contributed by atoms with Crippen LogP contribution in [0.25, 0.3) is 10.9 Å². The lowest BCUT2D eigenvalue weighted by Gasteiger charge is -2.05. The van der Waals surface area contributed by atoms with Crippen LogP contribution in [0.1, 0.15) is 30.9 Å². The largest absolute Gasteiger partial charge is 0.361 e. The topological polar surface area (TPSA) is 27.8 Å². The van der Waals surface area contributed by atoms with Crippen LogP contribution in [0.15, 0.2) is 24.4 Å². The van der Waals surface area contributed by atoms with Crippen LogP contribution < -0.4 is 5.32 Å². The number of aryl methyl sites for hydroxylation is 2. The first-order valence-electron chi connectivity index (χ1n) is 6.59. The summed E-state index contributed by atoms with van der Waals surface area (Å²) in [7, 11) is 2.02. The number of unbranched alkanes of at least 4 members (excludes halogenated alkanes) is 1. The molecule has 0 spiro atoms. The highest BCUT2D eigenvalue weighted by molar-refractivity contribution is 5.86. The molecule has 0 fully saturated rings. The lowest BCUT2D eigenvalue weighted by molar-refractivity contribution is 0.678. The summed E-state index contributed by atoms with van der Waals surface area (Å²) < 4.78 is 0. The van der Waals surface area contributed by atoms with Crippen LogP contribution in [-0.4, -0.2) is 18.6 Å². The quantitative estimate of drug-likeness (QED) is 0.732. The molecule has 92 valence electrons. The molecule has 0 aliphatic heterocycles. The maximum Gasteiger partial charge on any atom is 0.0459 e. The average Bonchev–Trinajstić information content (AvgIpc) is 2.78. The van der Waals surface area contributed by atoms with Crippen molar-refractivity contribution in [3.05, 3.63) is 35.5 Å². The summed E-state index contributed by atoms with van der Waals surface area (Å²) in [5.74, 6) is 0. The van der Waals surface area contributed by atoms with Gasteiger partial charge in [0.05, 0.1) is 0 Å². The van der Waals surface area contributed by atoms with Crippen LogP contribution in [0.2, 0.25) is 0 Å². The minimum atomic E-state index is 1.10. The smallest absolute Gasteiger partial charge is 0.0459 e. The van der Waals surface area contributed by atoms with Gasteiger partial charge in [-0.3, -0.25) is 0 Å². The summed E-state index contributed by atoms with van der Waals surface area (Å²) in [4.78, 5) is 3.37. The summed E-state index contributed by atoms with van der Waals surface area (Å²) in [5, 5.41) is 4.66. The zero-order chi connectivity index (χ0) is 12.1. The monoisotopic (exact) mass is 230 g/mol. The van der Waals surface area contributed by atoms with E-state index in [4.69, 9.17) is 0 Å². The highest BCUT2D eigenvalue weighted by atomic mass is 14.8. The molecular weight excluding hydrogens is 208 g/mol. The van der Waals surface area contributed by atoms with Gasteiger partial charge in [-0.1, -0.05) is 19.1 Å². The molecule has 17 heavy (non-hydrogen) atoms. The number of benzene rings is 1. The summed E-state index contributed by atoms with van der Waals surface area (Å²) in [6.07, 6.45) is 6.95. The van der Waals surface area contributed by atoms with Gasteiger partial charge in [0.2, 0.25) is 0 Å². The Morgan fingerprint density at radius 2 is 2.06 bits per heavy atom. The van der Waals surface area contributed by atoms with E-state index in [2.05, 4.69) is 41.6 Å². The molecule has 2 nitrogen and oxygen atoms in total. The van der Waals surface area contributed by atoms with Crippen molar-refractivity contribution < 1.29 is 0 Å². The van der Waals surface area contributed by atoms with Gasteiger partial charge in [-0.2, -0.15) is 0 Å². The maximum absolute atomic E-state index is 3.37. The van der Waals surface area contributed by atoms with E-state index in [0.29, 0.717) is 0 Å². The van der Waals surface area contributed by atoms with Gasteiger partial charge in [0, 0.05) is 17.1 Å². The van der Waals surface area contributed by atoms with Gasteiger partial charge in [0.1, 0.15) is 0 Å². The Morgan fingerprint density at radius 1 is 1.18 bits per heavy atom. The van der Waals surface area contributed by atoms with Crippen molar-refractivity contribution in [3.8, 4) is 0 Å². The van der Waals surface area contributed by atoms with Crippen LogP contribution in [0, 0.1) is 0 Å². The second-order valence-corrected chi connectivity index (χ2v) is 4.57. The molecule has 0 saturated carbocycles. The van der Waals surface area contributed by atoms with E-state index < -0.39 is 0 Å². The van der Waals surface area contributed by atoms with Crippen LogP contribution in [0.4, 0.5) is 0 Å². The molecule has 1 aromatic heterocycles. The fraction of sp³-hybridized carbons (Fsp3) is 0.467. The van der Waals surface area contributed by atoms with Crippen molar-refractivity contribution in [2.75, 3.05) is 13.6 Å². The molecule has 1 heterocycles. The zero-order valence-corrected chi connectivity index (χ0v) is 10.8. The van der Waals surface area contributed by atoms with Crippen molar-refractivity contribution in [2.24, 2.45) is 0 Å². The Morgan fingerprint density at radius 3 is 2.82 bits per heavy atom. The van der Waals surface area contributed by atoms with Crippen LogP contribution in [-0.2, 0) is 12.8 Å². The normalized spacial score (nSPS) is 11.2. The average molecular weight is 230 g/mol. The number of rotatable bonds is 6. The maximum atomic E-state index is 3.37. The standard InChI is InChI=1S/C15H22N2/c1-3-12-11-17-14-9-6-8-13(15(12)14)7-4-5-10-16-2/h6,8-9,11,16-17H,3-5,7,10H2,1-2H3. The van der Waals surface area contributed by atoms with Gasteiger partial charge in [-0.25, -0.2) is 0 Å². The number of hydrogen-bond acceptors (Lipinski definition) is 1. The number of fused-ring (bicyclic) bond motifs is 1. The SMILES string of the molecule is CCc1c[nH]c2cccc(CCCCNC)c12. The van der Waals surface area contributed by atoms with Crippen LogP contribution in [0.3, 0.4) is 0 Å². The minimum Gasteiger partial charge on any atom is -0.361 e. The molecule has 2 aromatic rings. The van der Waals surface area contributed by atoms with Crippen LogP contribution in [0.5, 0.6) is 0 Å². The molecule has 1 aromatic carbocycles. The Balaban J connectivity index is 2.17. The molecule has 0 bridgehead atoms. The minimum absolute atomic E-state index is 1.10. The molecule has 0 amide bonds. The zero-order valence-electron chi connectivity index (χ0n) is 10.8. The second kappa shape index (κ2) is 5.87. The van der Waals surface area contributed by atoms with E-state index >= 15 is 0 Å². The predicted octanol–water partition coefficient (Wildman–Crippen LogP) is 3.27. The van der Waals surface area contributed by atoms with Gasteiger partial charge in [0.25, 0.3) is 0 Å². The number of aromatic nitrogens is 1. The van der Waals surface area contributed by atoms with Crippen molar-refractivity contribution in [1.82, 2.24) is 10.3 Å². The molecule has 0 unspecified atom stereocenters. The summed E-state index contributed by atoms with van der Waals surface area (Å²) in [5.41, 5.74) is 4.23. The third-order valence-corrected chi connectivity index (χ3v) is 3.38. The molecule has 0 radical (unpaired) electrons. The Labute approximate surface area is 103 Å². The molecule has 2 rings (SSSR count). The number of aromatic amines is 1. The Bertz CT molecular complexity index is 471. The van der Waals surface area contributed by atoms with Gasteiger partial charge in [-0.05, 0) is 56.5 Å². The fourth-order valence-corrected chi connectivity index (χ4v) is 2.44. The van der Waals surface area contributed by atoms with E-state index in [0.717, 1.165) is 13.0 Å². The molecule has 2 N–H and O–H groups in total. The van der Waals surface area contributed by atoms with E-state index in [1.165, 1.54) is 41.3 Å². The number of nitrogens with one attached hydrogen (secondary N) is 2. The van der Waals surface area contributed by atoms with E-state index in [-0.39, 0.29) is 0 Å². The lowest BCUT2D eigenvalue weighted by atomic mass is 10.0. The molecule has 0 atom stereocenters. The van der Waals surface area contributed by atoms with E-state index in [1.807, 2.05) is 7.05 Å². The third kappa shape index (κ3) is 2.70. The Hall–Kier alpha value is -1.28. The highest BCUT2D eigenvalue weighted by Crippen LogP contribution is 2.24. The van der Waals surface area contributed by atoms with Gasteiger partial charge in [0.15, 0.2) is 0 Å². The van der Waals surface area contributed by atoms with Crippen LogP contribution >= 0.6 is 0 Å². The predicted molar refractivity (Wildman–Crippen MR) is 74.5 cm³/mol. The van der Waals surface area contributed by atoms with Gasteiger partial charge in [-0.15, -0.1) is 0 Å². The van der Waals surface area contributed by atoms with Crippen molar-refractivity contribution >= 4 is 10.9 Å². The highest BCUT2D eigenvalue weighted by Gasteiger charge is 2.06. The summed E-state index contributed by atoms with van der Waals surface area (Å²) >= 11 is 0. The third-order valence-electron chi connectivity index (χ3n) is 3.38. The number of hydrogen-bond donors (Lipinski definition) is 2. The van der Waals surface area contributed by atoms with E-state index in [9.17, 15) is 0 Å². The summed E-state index contributed by atoms with van der Waals surface area (Å²) in [6, 6.07) is 6.60. The second-order valence-electron chi connectivity index (χ2n) is 4.57. The molecular formula is C15H22N2. The molecule has 0 aliphatic rings. The lowest BCUT2D eigenvalue weighted by Crippen LogP contribution is -2.07. The fourth-order valence-electron chi connectivity index (χ4n) is 2.44. The molecule has 0 aliphatic carbocycles.